The second kappa shape index (κ2) is 4.21. The molecule has 0 spiro atoms. The molecule has 0 heterocycles. The van der Waals surface area contributed by atoms with Gasteiger partial charge in [0.15, 0.2) is 11.5 Å². The lowest BCUT2D eigenvalue weighted by Crippen LogP contribution is -1.96. The highest BCUT2D eigenvalue weighted by molar-refractivity contribution is 6.31. The van der Waals surface area contributed by atoms with Crippen molar-refractivity contribution in [3.8, 4) is 17.6 Å². The number of methoxy groups -OCH3 is 2. The lowest BCUT2D eigenvalue weighted by molar-refractivity contribution is 0.354. The molecule has 0 atom stereocenters. The molecule has 1 aromatic carbocycles. The van der Waals surface area contributed by atoms with Gasteiger partial charge in [-0.25, -0.2) is 0 Å². The van der Waals surface area contributed by atoms with E-state index in [-0.39, 0.29) is 0 Å². The molecule has 14 heavy (non-hydrogen) atoms. The van der Waals surface area contributed by atoms with Crippen molar-refractivity contribution in [2.75, 3.05) is 14.2 Å². The van der Waals surface area contributed by atoms with E-state index >= 15 is 0 Å². The maximum absolute atomic E-state index is 8.93. The smallest absolute Gasteiger partial charge is 0.178 e. The van der Waals surface area contributed by atoms with E-state index in [4.69, 9.17) is 26.3 Å². The minimum Gasteiger partial charge on any atom is -0.493 e. The molecule has 0 N–H and O–H groups in total. The molecular formula is C10H10ClNO2. The fourth-order valence-corrected chi connectivity index (χ4v) is 1.38. The van der Waals surface area contributed by atoms with Crippen LogP contribution in [0.5, 0.6) is 11.5 Å². The van der Waals surface area contributed by atoms with Gasteiger partial charge in [-0.2, -0.15) is 5.26 Å². The molecule has 3 nitrogen and oxygen atoms in total. The largest absolute Gasteiger partial charge is 0.493 e. The summed E-state index contributed by atoms with van der Waals surface area (Å²) in [5.41, 5.74) is 1.11. The average molecular weight is 212 g/mol. The minimum atomic E-state index is 0.414. The van der Waals surface area contributed by atoms with Crippen LogP contribution in [-0.2, 0) is 0 Å². The van der Waals surface area contributed by atoms with E-state index in [2.05, 4.69) is 0 Å². The van der Waals surface area contributed by atoms with Crippen LogP contribution < -0.4 is 9.47 Å². The number of nitrogens with zero attached hydrogens (tertiary/aromatic N) is 1. The molecule has 0 aliphatic rings. The predicted octanol–water partition coefficient (Wildman–Crippen LogP) is 2.54. The van der Waals surface area contributed by atoms with Gasteiger partial charge in [0, 0.05) is 11.1 Å². The Bertz CT molecular complexity index is 396. The highest BCUT2D eigenvalue weighted by Crippen LogP contribution is 2.36. The molecule has 1 aromatic rings. The summed E-state index contributed by atoms with van der Waals surface area (Å²) < 4.78 is 10.1. The molecule has 0 unspecified atom stereocenters. The summed E-state index contributed by atoms with van der Waals surface area (Å²) in [6.07, 6.45) is 0. The Balaban J connectivity index is 3.52. The first-order chi connectivity index (χ1) is 6.65. The number of hydrogen-bond acceptors (Lipinski definition) is 3. The van der Waals surface area contributed by atoms with E-state index < -0.39 is 0 Å². The number of hydrogen-bond donors (Lipinski definition) is 0. The second-order valence-electron chi connectivity index (χ2n) is 2.71. The van der Waals surface area contributed by atoms with E-state index in [0.29, 0.717) is 27.6 Å². The molecule has 0 radical (unpaired) electrons. The average Bonchev–Trinajstić information content (AvgIpc) is 2.20. The Morgan fingerprint density at radius 2 is 2.00 bits per heavy atom. The molecule has 0 saturated heterocycles. The summed E-state index contributed by atoms with van der Waals surface area (Å²) in [7, 11) is 3.00. The zero-order valence-corrected chi connectivity index (χ0v) is 8.97. The summed E-state index contributed by atoms with van der Waals surface area (Å²) in [4.78, 5) is 0. The third kappa shape index (κ3) is 1.61. The van der Waals surface area contributed by atoms with E-state index in [0.717, 1.165) is 0 Å². The molecule has 4 heteroatoms. The molecule has 0 fully saturated rings. The van der Waals surface area contributed by atoms with Crippen LogP contribution >= 0.6 is 11.6 Å². The monoisotopic (exact) mass is 211 g/mol. The summed E-state index contributed by atoms with van der Waals surface area (Å²) in [5, 5.41) is 9.43. The van der Waals surface area contributed by atoms with Crippen LogP contribution in [-0.4, -0.2) is 14.2 Å². The SMILES string of the molecule is COc1cc(Cl)c(C)c(C#N)c1OC. The van der Waals surface area contributed by atoms with Crippen LogP contribution in [0.25, 0.3) is 0 Å². The van der Waals surface area contributed by atoms with Crippen molar-refractivity contribution in [3.63, 3.8) is 0 Å². The van der Waals surface area contributed by atoms with Crippen molar-refractivity contribution in [1.29, 1.82) is 5.26 Å². The normalized spacial score (nSPS) is 9.36. The van der Waals surface area contributed by atoms with Gasteiger partial charge in [0.05, 0.1) is 14.2 Å². The Morgan fingerprint density at radius 1 is 1.36 bits per heavy atom. The van der Waals surface area contributed by atoms with Crippen LogP contribution in [0.3, 0.4) is 0 Å². The second-order valence-corrected chi connectivity index (χ2v) is 3.11. The number of ether oxygens (including phenoxy) is 2. The van der Waals surface area contributed by atoms with Crippen molar-refractivity contribution in [2.45, 2.75) is 6.92 Å². The Kier molecular flexibility index (Phi) is 3.21. The number of halogens is 1. The third-order valence-corrected chi connectivity index (χ3v) is 2.37. The minimum absolute atomic E-state index is 0.414. The van der Waals surface area contributed by atoms with Crippen molar-refractivity contribution >= 4 is 11.6 Å². The lowest BCUT2D eigenvalue weighted by atomic mass is 10.1. The van der Waals surface area contributed by atoms with Crippen LogP contribution in [0, 0.1) is 18.3 Å². The standard InChI is InChI=1S/C10H10ClNO2/c1-6-7(5-12)10(14-3)9(13-2)4-8(6)11/h4H,1-3H3. The molecule has 0 aliphatic heterocycles. The zero-order valence-electron chi connectivity index (χ0n) is 8.22. The fourth-order valence-electron chi connectivity index (χ4n) is 1.19. The first-order valence-corrected chi connectivity index (χ1v) is 4.34. The molecule has 0 bridgehead atoms. The van der Waals surface area contributed by atoms with Gasteiger partial charge in [-0.05, 0) is 12.5 Å². The van der Waals surface area contributed by atoms with Crippen LogP contribution in [0.15, 0.2) is 6.07 Å². The molecule has 0 saturated carbocycles. The number of benzene rings is 1. The maximum atomic E-state index is 8.93. The quantitative estimate of drug-likeness (QED) is 0.755. The van der Waals surface area contributed by atoms with Crippen LogP contribution in [0.2, 0.25) is 5.02 Å². The van der Waals surface area contributed by atoms with Crippen molar-refractivity contribution in [1.82, 2.24) is 0 Å². The van der Waals surface area contributed by atoms with E-state index in [1.165, 1.54) is 14.2 Å². The van der Waals surface area contributed by atoms with E-state index in [1.54, 1.807) is 13.0 Å². The van der Waals surface area contributed by atoms with Gasteiger partial charge >= 0.3 is 0 Å². The van der Waals surface area contributed by atoms with Crippen molar-refractivity contribution in [3.05, 3.63) is 22.2 Å². The van der Waals surface area contributed by atoms with Gasteiger partial charge in [0.2, 0.25) is 0 Å². The topological polar surface area (TPSA) is 42.2 Å². The summed E-state index contributed by atoms with van der Waals surface area (Å²) in [6.45, 7) is 1.77. The Morgan fingerprint density at radius 3 is 2.43 bits per heavy atom. The molecule has 0 aromatic heterocycles. The zero-order chi connectivity index (χ0) is 10.7. The first-order valence-electron chi connectivity index (χ1n) is 3.96. The van der Waals surface area contributed by atoms with E-state index in [1.807, 2.05) is 6.07 Å². The fraction of sp³-hybridized carbons (Fsp3) is 0.300. The highest BCUT2D eigenvalue weighted by Gasteiger charge is 2.15. The van der Waals surface area contributed by atoms with Crippen LogP contribution in [0.4, 0.5) is 0 Å². The third-order valence-electron chi connectivity index (χ3n) is 1.98. The Hall–Kier alpha value is -1.40. The van der Waals surface area contributed by atoms with Gasteiger partial charge in [-0.15, -0.1) is 0 Å². The van der Waals surface area contributed by atoms with Gasteiger partial charge < -0.3 is 9.47 Å². The molecule has 1 rings (SSSR count). The molecule has 0 aliphatic carbocycles. The molecule has 74 valence electrons. The number of nitriles is 1. The van der Waals surface area contributed by atoms with Crippen molar-refractivity contribution < 1.29 is 9.47 Å². The van der Waals surface area contributed by atoms with Gasteiger partial charge in [-0.1, -0.05) is 11.6 Å². The summed E-state index contributed by atoms with van der Waals surface area (Å²) in [5.74, 6) is 0.900. The van der Waals surface area contributed by atoms with E-state index in [9.17, 15) is 0 Å². The van der Waals surface area contributed by atoms with Gasteiger partial charge in [-0.3, -0.25) is 0 Å². The van der Waals surface area contributed by atoms with Crippen molar-refractivity contribution in [2.24, 2.45) is 0 Å². The van der Waals surface area contributed by atoms with Gasteiger partial charge in [0.1, 0.15) is 11.6 Å². The van der Waals surface area contributed by atoms with Crippen LogP contribution in [0.1, 0.15) is 11.1 Å². The summed E-state index contributed by atoms with van der Waals surface area (Å²) in [6, 6.07) is 3.68. The predicted molar refractivity (Wildman–Crippen MR) is 54.0 cm³/mol. The van der Waals surface area contributed by atoms with Gasteiger partial charge in [0.25, 0.3) is 0 Å². The molecular weight excluding hydrogens is 202 g/mol. The lowest BCUT2D eigenvalue weighted by Gasteiger charge is -2.11. The maximum Gasteiger partial charge on any atom is 0.178 e. The summed E-state index contributed by atoms with van der Waals surface area (Å²) >= 11 is 5.92. The highest BCUT2D eigenvalue weighted by atomic mass is 35.5. The number of rotatable bonds is 2. The molecule has 0 amide bonds. The first kappa shape index (κ1) is 10.7. The Labute approximate surface area is 87.8 Å².